The van der Waals surface area contributed by atoms with Crippen LogP contribution in [0.4, 0.5) is 5.69 Å². The minimum Gasteiger partial charge on any atom is -0.480 e. The predicted molar refractivity (Wildman–Crippen MR) is 131 cm³/mol. The molecule has 0 amide bonds. The SMILES string of the molecule is CC(=O)C(N)(CCCN(C(=N)N)S(=O)(=O)c1ccc(NCc2cc(Cl)cc(Cl)c2)cc1)C(=O)O. The number of carboxylic acids is 1. The summed E-state index contributed by atoms with van der Waals surface area (Å²) in [5.41, 5.74) is 10.4. The van der Waals surface area contributed by atoms with Crippen molar-refractivity contribution in [2.24, 2.45) is 11.5 Å². The smallest absolute Gasteiger partial charge is 0.331 e. The van der Waals surface area contributed by atoms with E-state index in [4.69, 9.17) is 40.1 Å². The fourth-order valence-corrected chi connectivity index (χ4v) is 5.03. The molecule has 2 rings (SSSR count). The van der Waals surface area contributed by atoms with E-state index in [-0.39, 0.29) is 24.3 Å². The number of sulfonamides is 1. The van der Waals surface area contributed by atoms with E-state index in [2.05, 4.69) is 5.32 Å². The first-order valence-electron chi connectivity index (χ1n) is 9.96. The number of rotatable bonds is 11. The van der Waals surface area contributed by atoms with E-state index in [9.17, 15) is 23.1 Å². The molecule has 0 aliphatic rings. The maximum atomic E-state index is 13.0. The van der Waals surface area contributed by atoms with Gasteiger partial charge in [0.2, 0.25) is 5.96 Å². The number of anilines is 1. The summed E-state index contributed by atoms with van der Waals surface area (Å²) in [7, 11) is -4.21. The van der Waals surface area contributed by atoms with Gasteiger partial charge in [0.15, 0.2) is 11.3 Å². The number of carbonyl (C=O) groups is 2. The minimum atomic E-state index is -4.21. The van der Waals surface area contributed by atoms with Crippen LogP contribution >= 0.6 is 23.2 Å². The van der Waals surface area contributed by atoms with E-state index in [0.29, 0.717) is 26.6 Å². The van der Waals surface area contributed by atoms with Crippen molar-refractivity contribution < 1.29 is 23.1 Å². The van der Waals surface area contributed by atoms with Gasteiger partial charge >= 0.3 is 5.97 Å². The molecule has 0 radical (unpaired) electrons. The van der Waals surface area contributed by atoms with Crippen LogP contribution in [0.5, 0.6) is 0 Å². The van der Waals surface area contributed by atoms with Crippen molar-refractivity contribution in [1.29, 1.82) is 5.41 Å². The quantitative estimate of drug-likeness (QED) is 0.167. The summed E-state index contributed by atoms with van der Waals surface area (Å²) in [5.74, 6) is -3.03. The van der Waals surface area contributed by atoms with Crippen LogP contribution in [0.15, 0.2) is 47.4 Å². The van der Waals surface area contributed by atoms with Crippen molar-refractivity contribution in [3.63, 3.8) is 0 Å². The molecule has 0 fully saturated rings. The fourth-order valence-electron chi connectivity index (χ4n) is 3.09. The number of guanidine groups is 1. The molecule has 10 nitrogen and oxygen atoms in total. The third-order valence-corrected chi connectivity index (χ3v) is 7.34. The lowest BCUT2D eigenvalue weighted by Gasteiger charge is -2.25. The van der Waals surface area contributed by atoms with Gasteiger partial charge in [0.1, 0.15) is 0 Å². The Labute approximate surface area is 207 Å². The number of carbonyl (C=O) groups excluding carboxylic acids is 1. The zero-order chi connectivity index (χ0) is 25.7. The Bertz CT molecular complexity index is 1150. The van der Waals surface area contributed by atoms with Crippen LogP contribution in [0.1, 0.15) is 25.3 Å². The Morgan fingerprint density at radius 1 is 1.15 bits per heavy atom. The summed E-state index contributed by atoms with van der Waals surface area (Å²) < 4.78 is 26.6. The summed E-state index contributed by atoms with van der Waals surface area (Å²) in [6.07, 6.45) is -0.434. The minimum absolute atomic E-state index is 0.108. The first-order chi connectivity index (χ1) is 15.8. The first kappa shape index (κ1) is 27.4. The molecule has 184 valence electrons. The Balaban J connectivity index is 2.11. The van der Waals surface area contributed by atoms with E-state index in [0.717, 1.165) is 12.5 Å². The van der Waals surface area contributed by atoms with Crippen molar-refractivity contribution in [2.75, 3.05) is 11.9 Å². The number of carboxylic acid groups (broad SMARTS) is 1. The van der Waals surface area contributed by atoms with E-state index >= 15 is 0 Å². The zero-order valence-corrected chi connectivity index (χ0v) is 20.5. The molecule has 0 heterocycles. The second-order valence-corrected chi connectivity index (χ2v) is 10.3. The van der Waals surface area contributed by atoms with Gasteiger partial charge in [-0.05, 0) is 67.8 Å². The zero-order valence-electron chi connectivity index (χ0n) is 18.2. The molecule has 13 heteroatoms. The van der Waals surface area contributed by atoms with Crippen molar-refractivity contribution in [3.05, 3.63) is 58.1 Å². The average molecular weight is 530 g/mol. The van der Waals surface area contributed by atoms with Crippen LogP contribution in [0, 0.1) is 5.41 Å². The normalized spacial score (nSPS) is 13.1. The van der Waals surface area contributed by atoms with Gasteiger partial charge in [0, 0.05) is 28.8 Å². The molecule has 0 aliphatic carbocycles. The van der Waals surface area contributed by atoms with Crippen LogP contribution in [-0.4, -0.2) is 47.6 Å². The second kappa shape index (κ2) is 11.0. The van der Waals surface area contributed by atoms with Crippen LogP contribution in [0.2, 0.25) is 10.0 Å². The predicted octanol–water partition coefficient (Wildman–Crippen LogP) is 2.64. The van der Waals surface area contributed by atoms with Crippen molar-refractivity contribution in [1.82, 2.24) is 4.31 Å². The number of ketones is 1. The highest BCUT2D eigenvalue weighted by atomic mass is 35.5. The number of nitrogens with zero attached hydrogens (tertiary/aromatic N) is 1. The van der Waals surface area contributed by atoms with Gasteiger partial charge in [-0.3, -0.25) is 10.2 Å². The van der Waals surface area contributed by atoms with E-state index in [1.165, 1.54) is 12.1 Å². The van der Waals surface area contributed by atoms with Gasteiger partial charge in [0.05, 0.1) is 4.90 Å². The molecule has 0 saturated carbocycles. The van der Waals surface area contributed by atoms with Crippen molar-refractivity contribution in [2.45, 2.75) is 36.7 Å². The van der Waals surface area contributed by atoms with Gasteiger partial charge in [-0.15, -0.1) is 0 Å². The third-order valence-electron chi connectivity index (χ3n) is 5.07. The van der Waals surface area contributed by atoms with Gasteiger partial charge < -0.3 is 21.9 Å². The Morgan fingerprint density at radius 2 is 1.71 bits per heavy atom. The molecule has 7 N–H and O–H groups in total. The number of nitrogens with two attached hydrogens (primary N) is 2. The van der Waals surface area contributed by atoms with E-state index < -0.39 is 33.3 Å². The van der Waals surface area contributed by atoms with E-state index in [1.807, 2.05) is 0 Å². The number of aliphatic carboxylic acids is 1. The standard InChI is InChI=1S/C21H25Cl2N5O5S/c1-13(29)21(26,19(30)31)7-2-8-28(20(24)25)34(32,33)18-5-3-17(4-6-18)27-12-14-9-15(22)11-16(23)10-14/h3-6,9-11,27H,2,7-8,12,26H2,1H3,(H3,24,25)(H,30,31). The number of Topliss-reactive ketones (excluding diaryl/α,β-unsaturated/α-hetero) is 1. The Morgan fingerprint density at radius 3 is 2.18 bits per heavy atom. The number of hydrogen-bond acceptors (Lipinski definition) is 7. The summed E-state index contributed by atoms with van der Waals surface area (Å²) in [6.45, 7) is 1.11. The fraction of sp³-hybridized carbons (Fsp3) is 0.286. The van der Waals surface area contributed by atoms with Gasteiger partial charge in [0.25, 0.3) is 10.0 Å². The van der Waals surface area contributed by atoms with Crippen molar-refractivity contribution in [3.8, 4) is 0 Å². The van der Waals surface area contributed by atoms with Gasteiger partial charge in [-0.25, -0.2) is 17.5 Å². The second-order valence-electron chi connectivity index (χ2n) is 7.55. The molecule has 1 unspecified atom stereocenters. The number of hydrogen-bond donors (Lipinski definition) is 5. The maximum absolute atomic E-state index is 13.0. The highest BCUT2D eigenvalue weighted by Gasteiger charge is 2.39. The van der Waals surface area contributed by atoms with Crippen molar-refractivity contribution >= 4 is 56.6 Å². The summed E-state index contributed by atoms with van der Waals surface area (Å²) in [6, 6.07) is 10.9. The molecule has 0 spiro atoms. The monoisotopic (exact) mass is 529 g/mol. The van der Waals surface area contributed by atoms with Gasteiger partial charge in [-0.2, -0.15) is 0 Å². The highest BCUT2D eigenvalue weighted by Crippen LogP contribution is 2.22. The van der Waals surface area contributed by atoms with Crippen LogP contribution in [0.25, 0.3) is 0 Å². The molecule has 0 bridgehead atoms. The average Bonchev–Trinajstić information content (AvgIpc) is 2.74. The van der Waals surface area contributed by atoms with E-state index in [1.54, 1.807) is 30.3 Å². The molecule has 2 aromatic rings. The van der Waals surface area contributed by atoms with Crippen LogP contribution in [-0.2, 0) is 26.2 Å². The Kier molecular flexibility index (Phi) is 8.89. The first-order valence-corrected chi connectivity index (χ1v) is 12.2. The number of benzene rings is 2. The molecule has 1 atom stereocenters. The van der Waals surface area contributed by atoms with Crippen LogP contribution < -0.4 is 16.8 Å². The molecule has 34 heavy (non-hydrogen) atoms. The lowest BCUT2D eigenvalue weighted by molar-refractivity contribution is -0.148. The highest BCUT2D eigenvalue weighted by molar-refractivity contribution is 7.89. The molecular weight excluding hydrogens is 505 g/mol. The summed E-state index contributed by atoms with van der Waals surface area (Å²) in [4.78, 5) is 22.8. The summed E-state index contributed by atoms with van der Waals surface area (Å²) >= 11 is 12.0. The molecular formula is C21H25Cl2N5O5S. The number of nitrogens with one attached hydrogen (secondary N) is 2. The van der Waals surface area contributed by atoms with Gasteiger partial charge in [-0.1, -0.05) is 23.2 Å². The summed E-state index contributed by atoms with van der Waals surface area (Å²) in [5, 5.41) is 21.0. The molecule has 2 aromatic carbocycles. The Hall–Kier alpha value is -2.86. The maximum Gasteiger partial charge on any atom is 0.331 e. The lowest BCUT2D eigenvalue weighted by atomic mass is 9.90. The topological polar surface area (TPSA) is 180 Å². The number of halogens is 2. The molecule has 0 aromatic heterocycles. The third kappa shape index (κ3) is 6.60. The molecule has 0 saturated heterocycles. The lowest BCUT2D eigenvalue weighted by Crippen LogP contribution is -2.54. The largest absolute Gasteiger partial charge is 0.480 e. The molecule has 0 aliphatic heterocycles. The van der Waals surface area contributed by atoms with Crippen LogP contribution in [0.3, 0.4) is 0 Å².